The summed E-state index contributed by atoms with van der Waals surface area (Å²) in [4.78, 5) is 12.1. The molecule has 0 aliphatic heterocycles. The van der Waals surface area contributed by atoms with Crippen molar-refractivity contribution in [3.05, 3.63) is 65.7 Å². The number of rotatable bonds is 8. The first-order valence-electron chi connectivity index (χ1n) is 7.96. The number of halogens is 1. The molecule has 24 heavy (non-hydrogen) atoms. The standard InChI is InChI=1S/C19H24N2O2.ClH/c20-18-9-5-4-8-16(18)10-11-19(23)21-14-17(12-13-22)15-6-2-1-3-7-15;/h1-9,17,22H,10-14,20H2,(H,21,23);1H. The van der Waals surface area contributed by atoms with Gasteiger partial charge >= 0.3 is 0 Å². The van der Waals surface area contributed by atoms with Crippen molar-refractivity contribution in [2.45, 2.75) is 25.2 Å². The zero-order valence-corrected chi connectivity index (χ0v) is 14.5. The third kappa shape index (κ3) is 6.22. The number of aryl methyl sites for hydroxylation is 1. The molecule has 1 unspecified atom stereocenters. The van der Waals surface area contributed by atoms with Crippen LogP contribution in [0.2, 0.25) is 0 Å². The molecule has 5 heteroatoms. The van der Waals surface area contributed by atoms with E-state index in [1.54, 1.807) is 0 Å². The van der Waals surface area contributed by atoms with Crippen molar-refractivity contribution in [3.63, 3.8) is 0 Å². The molecule has 0 aromatic heterocycles. The predicted molar refractivity (Wildman–Crippen MR) is 100 cm³/mol. The van der Waals surface area contributed by atoms with E-state index in [9.17, 15) is 9.90 Å². The first-order valence-corrected chi connectivity index (χ1v) is 7.96. The number of nitrogens with one attached hydrogen (secondary N) is 1. The van der Waals surface area contributed by atoms with Gasteiger partial charge in [0, 0.05) is 31.2 Å². The van der Waals surface area contributed by atoms with E-state index in [2.05, 4.69) is 5.32 Å². The van der Waals surface area contributed by atoms with E-state index in [0.717, 1.165) is 16.8 Å². The first kappa shape index (κ1) is 20.0. The molecular weight excluding hydrogens is 324 g/mol. The summed E-state index contributed by atoms with van der Waals surface area (Å²) >= 11 is 0. The minimum absolute atomic E-state index is 0. The zero-order chi connectivity index (χ0) is 16.5. The van der Waals surface area contributed by atoms with Crippen LogP contribution in [0.15, 0.2) is 54.6 Å². The Hall–Kier alpha value is -2.04. The minimum Gasteiger partial charge on any atom is -0.399 e. The highest BCUT2D eigenvalue weighted by Gasteiger charge is 2.12. The van der Waals surface area contributed by atoms with Crippen LogP contribution in [0.4, 0.5) is 5.69 Å². The van der Waals surface area contributed by atoms with E-state index in [-0.39, 0.29) is 30.8 Å². The van der Waals surface area contributed by atoms with Gasteiger partial charge in [0.1, 0.15) is 0 Å². The molecule has 0 aliphatic carbocycles. The van der Waals surface area contributed by atoms with Crippen LogP contribution in [-0.2, 0) is 11.2 Å². The largest absolute Gasteiger partial charge is 0.399 e. The van der Waals surface area contributed by atoms with Crippen LogP contribution in [-0.4, -0.2) is 24.2 Å². The molecule has 1 atom stereocenters. The van der Waals surface area contributed by atoms with E-state index in [4.69, 9.17) is 5.73 Å². The van der Waals surface area contributed by atoms with E-state index in [1.165, 1.54) is 0 Å². The molecule has 1 amide bonds. The molecule has 0 heterocycles. The number of aliphatic hydroxyl groups is 1. The lowest BCUT2D eigenvalue weighted by Crippen LogP contribution is -2.29. The summed E-state index contributed by atoms with van der Waals surface area (Å²) in [6, 6.07) is 17.6. The lowest BCUT2D eigenvalue weighted by Gasteiger charge is -2.17. The fourth-order valence-electron chi connectivity index (χ4n) is 2.60. The summed E-state index contributed by atoms with van der Waals surface area (Å²) in [7, 11) is 0. The van der Waals surface area contributed by atoms with Crippen LogP contribution in [0.5, 0.6) is 0 Å². The molecule has 2 aromatic carbocycles. The Kier molecular flexibility index (Phi) is 8.90. The monoisotopic (exact) mass is 348 g/mol. The maximum atomic E-state index is 12.1. The van der Waals surface area contributed by atoms with Crippen LogP contribution >= 0.6 is 12.4 Å². The van der Waals surface area contributed by atoms with Crippen molar-refractivity contribution in [3.8, 4) is 0 Å². The van der Waals surface area contributed by atoms with E-state index < -0.39 is 0 Å². The highest BCUT2D eigenvalue weighted by molar-refractivity contribution is 5.85. The van der Waals surface area contributed by atoms with Gasteiger partial charge in [-0.2, -0.15) is 0 Å². The van der Waals surface area contributed by atoms with Crippen molar-refractivity contribution in [2.75, 3.05) is 18.9 Å². The van der Waals surface area contributed by atoms with Crippen molar-refractivity contribution in [2.24, 2.45) is 0 Å². The fraction of sp³-hybridized carbons (Fsp3) is 0.316. The molecule has 0 radical (unpaired) electrons. The summed E-state index contributed by atoms with van der Waals surface area (Å²) in [5, 5.41) is 12.2. The molecular formula is C19H25ClN2O2. The number of para-hydroxylation sites is 1. The smallest absolute Gasteiger partial charge is 0.220 e. The van der Waals surface area contributed by atoms with Gasteiger partial charge in [-0.05, 0) is 30.0 Å². The number of nitrogen functional groups attached to an aromatic ring is 1. The van der Waals surface area contributed by atoms with Gasteiger partial charge in [0.05, 0.1) is 0 Å². The molecule has 0 saturated carbocycles. The normalized spacial score (nSPS) is 11.4. The van der Waals surface area contributed by atoms with Gasteiger partial charge in [0.2, 0.25) is 5.91 Å². The molecule has 4 nitrogen and oxygen atoms in total. The van der Waals surface area contributed by atoms with Gasteiger partial charge in [-0.15, -0.1) is 12.4 Å². The quantitative estimate of drug-likeness (QED) is 0.642. The molecule has 0 fully saturated rings. The Bertz CT molecular complexity index is 620. The SMILES string of the molecule is Cl.Nc1ccccc1CCC(=O)NCC(CCO)c1ccccc1. The lowest BCUT2D eigenvalue weighted by atomic mass is 9.96. The Labute approximate surface area is 149 Å². The topological polar surface area (TPSA) is 75.4 Å². The average Bonchev–Trinajstić information content (AvgIpc) is 2.58. The Morgan fingerprint density at radius 3 is 2.42 bits per heavy atom. The highest BCUT2D eigenvalue weighted by atomic mass is 35.5. The Balaban J connectivity index is 0.00000288. The third-order valence-corrected chi connectivity index (χ3v) is 3.97. The summed E-state index contributed by atoms with van der Waals surface area (Å²) in [5.41, 5.74) is 8.74. The van der Waals surface area contributed by atoms with Crippen LogP contribution in [0.3, 0.4) is 0 Å². The average molecular weight is 349 g/mol. The van der Waals surface area contributed by atoms with Crippen molar-refractivity contribution < 1.29 is 9.90 Å². The maximum Gasteiger partial charge on any atom is 0.220 e. The molecule has 0 spiro atoms. The molecule has 0 saturated heterocycles. The number of carbonyl (C=O) groups excluding carboxylic acids is 1. The summed E-state index contributed by atoms with van der Waals surface area (Å²) in [6.45, 7) is 0.643. The lowest BCUT2D eigenvalue weighted by molar-refractivity contribution is -0.121. The predicted octanol–water partition coefficient (Wildman–Crippen LogP) is 2.91. The Morgan fingerprint density at radius 2 is 1.75 bits per heavy atom. The summed E-state index contributed by atoms with van der Waals surface area (Å²) < 4.78 is 0. The van der Waals surface area contributed by atoms with Gasteiger partial charge in [0.25, 0.3) is 0 Å². The second kappa shape index (κ2) is 10.7. The first-order chi connectivity index (χ1) is 11.2. The summed E-state index contributed by atoms with van der Waals surface area (Å²) in [6.07, 6.45) is 1.68. The number of amides is 1. The maximum absolute atomic E-state index is 12.1. The van der Waals surface area contributed by atoms with Crippen LogP contribution < -0.4 is 11.1 Å². The number of aliphatic hydroxyl groups excluding tert-OH is 1. The van der Waals surface area contributed by atoms with Crippen LogP contribution in [0.25, 0.3) is 0 Å². The van der Waals surface area contributed by atoms with E-state index in [0.29, 0.717) is 25.8 Å². The van der Waals surface area contributed by atoms with Gasteiger partial charge < -0.3 is 16.2 Å². The number of carbonyl (C=O) groups is 1. The number of nitrogens with two attached hydrogens (primary N) is 1. The van der Waals surface area contributed by atoms with Crippen molar-refractivity contribution >= 4 is 24.0 Å². The van der Waals surface area contributed by atoms with Crippen molar-refractivity contribution in [1.82, 2.24) is 5.32 Å². The van der Waals surface area contributed by atoms with Gasteiger partial charge in [0.15, 0.2) is 0 Å². The molecule has 2 aromatic rings. The van der Waals surface area contributed by atoms with Gasteiger partial charge in [-0.25, -0.2) is 0 Å². The van der Waals surface area contributed by atoms with Gasteiger partial charge in [-0.1, -0.05) is 48.5 Å². The molecule has 0 bridgehead atoms. The van der Waals surface area contributed by atoms with Crippen LogP contribution in [0.1, 0.15) is 29.9 Å². The molecule has 4 N–H and O–H groups in total. The van der Waals surface area contributed by atoms with Crippen LogP contribution in [0, 0.1) is 0 Å². The third-order valence-electron chi connectivity index (χ3n) is 3.97. The fourth-order valence-corrected chi connectivity index (χ4v) is 2.60. The number of hydrogen-bond donors (Lipinski definition) is 3. The minimum atomic E-state index is 0. The summed E-state index contributed by atoms with van der Waals surface area (Å²) in [5.74, 6) is 0.138. The molecule has 130 valence electrons. The molecule has 0 aliphatic rings. The van der Waals surface area contributed by atoms with E-state index >= 15 is 0 Å². The second-order valence-electron chi connectivity index (χ2n) is 5.62. The zero-order valence-electron chi connectivity index (χ0n) is 13.7. The second-order valence-corrected chi connectivity index (χ2v) is 5.62. The highest BCUT2D eigenvalue weighted by Crippen LogP contribution is 2.18. The number of benzene rings is 2. The van der Waals surface area contributed by atoms with E-state index in [1.807, 2.05) is 54.6 Å². The van der Waals surface area contributed by atoms with Gasteiger partial charge in [-0.3, -0.25) is 4.79 Å². The number of hydrogen-bond acceptors (Lipinski definition) is 3. The number of anilines is 1. The van der Waals surface area contributed by atoms with Crippen molar-refractivity contribution in [1.29, 1.82) is 0 Å². The molecule has 2 rings (SSSR count). The Morgan fingerprint density at radius 1 is 1.08 bits per heavy atom.